The molecule has 1 atom stereocenters. The zero-order valence-corrected chi connectivity index (χ0v) is 15.4. The fourth-order valence-electron chi connectivity index (χ4n) is 3.87. The van der Waals surface area contributed by atoms with Crippen LogP contribution in [0.2, 0.25) is 0 Å². The van der Waals surface area contributed by atoms with E-state index in [0.717, 1.165) is 18.7 Å². The van der Waals surface area contributed by atoms with E-state index >= 15 is 0 Å². The van der Waals surface area contributed by atoms with Gasteiger partial charge in [0.25, 0.3) is 5.91 Å². The van der Waals surface area contributed by atoms with Gasteiger partial charge in [-0.2, -0.15) is 0 Å². The van der Waals surface area contributed by atoms with E-state index in [0.29, 0.717) is 31.2 Å². The lowest BCUT2D eigenvalue weighted by atomic mass is 10.1. The molecule has 1 unspecified atom stereocenters. The summed E-state index contributed by atoms with van der Waals surface area (Å²) in [6.45, 7) is 4.90. The van der Waals surface area contributed by atoms with Crippen LogP contribution < -0.4 is 20.4 Å². The van der Waals surface area contributed by atoms with Crippen molar-refractivity contribution in [3.05, 3.63) is 59.7 Å². The quantitative estimate of drug-likeness (QED) is 0.856. The van der Waals surface area contributed by atoms with Crippen LogP contribution in [0, 0.1) is 0 Å². The molecule has 0 saturated carbocycles. The van der Waals surface area contributed by atoms with Gasteiger partial charge in [-0.3, -0.25) is 9.69 Å². The van der Waals surface area contributed by atoms with Gasteiger partial charge in [0.1, 0.15) is 0 Å². The smallest absolute Gasteiger partial charge is 0.321 e. The summed E-state index contributed by atoms with van der Waals surface area (Å²) in [5.41, 5.74) is 4.06. The molecule has 4 rings (SSSR count). The van der Waals surface area contributed by atoms with E-state index in [1.54, 1.807) is 17.0 Å². The third-order valence-electron chi connectivity index (χ3n) is 5.28. The average molecular weight is 364 g/mol. The monoisotopic (exact) mass is 364 g/mol. The van der Waals surface area contributed by atoms with Gasteiger partial charge < -0.3 is 15.5 Å². The minimum atomic E-state index is -0.0905. The van der Waals surface area contributed by atoms with Gasteiger partial charge in [-0.25, -0.2) is 4.79 Å². The molecule has 140 valence electrons. The number of urea groups is 1. The molecular formula is C21H24N4O2. The Hall–Kier alpha value is -3.02. The highest BCUT2D eigenvalue weighted by Gasteiger charge is 2.25. The Morgan fingerprint density at radius 2 is 1.96 bits per heavy atom. The highest BCUT2D eigenvalue weighted by Crippen LogP contribution is 2.31. The minimum absolute atomic E-state index is 0.0902. The van der Waals surface area contributed by atoms with Crippen LogP contribution in [-0.4, -0.2) is 44.2 Å². The summed E-state index contributed by atoms with van der Waals surface area (Å²) in [6, 6.07) is 16.0. The summed E-state index contributed by atoms with van der Waals surface area (Å²) < 4.78 is 0. The van der Waals surface area contributed by atoms with Gasteiger partial charge in [0.15, 0.2) is 0 Å². The topological polar surface area (TPSA) is 64.7 Å². The summed E-state index contributed by atoms with van der Waals surface area (Å²) in [4.78, 5) is 28.2. The molecular weight excluding hydrogens is 340 g/mol. The van der Waals surface area contributed by atoms with Crippen LogP contribution in [0.15, 0.2) is 48.5 Å². The third kappa shape index (κ3) is 3.47. The molecule has 2 N–H and O–H groups in total. The van der Waals surface area contributed by atoms with E-state index in [1.807, 2.05) is 12.1 Å². The molecule has 2 aromatic carbocycles. The molecule has 0 spiro atoms. The molecule has 6 nitrogen and oxygen atoms in total. The van der Waals surface area contributed by atoms with Crippen molar-refractivity contribution in [3.63, 3.8) is 0 Å². The first kappa shape index (κ1) is 17.4. The van der Waals surface area contributed by atoms with E-state index in [4.69, 9.17) is 0 Å². The number of hydrogen-bond acceptors (Lipinski definition) is 3. The molecule has 3 amide bonds. The summed E-state index contributed by atoms with van der Waals surface area (Å²) >= 11 is 0. The van der Waals surface area contributed by atoms with Crippen molar-refractivity contribution >= 4 is 23.3 Å². The van der Waals surface area contributed by atoms with Gasteiger partial charge in [-0.15, -0.1) is 0 Å². The highest BCUT2D eigenvalue weighted by atomic mass is 16.2. The SMILES string of the molecule is CC1Cc2ccccc2N1CCNC(=O)c1ccc(N2CCNC2=O)cc1. The predicted molar refractivity (Wildman–Crippen MR) is 106 cm³/mol. The van der Waals surface area contributed by atoms with Crippen molar-refractivity contribution in [2.45, 2.75) is 19.4 Å². The van der Waals surface area contributed by atoms with Crippen molar-refractivity contribution in [1.29, 1.82) is 0 Å². The Balaban J connectivity index is 1.33. The van der Waals surface area contributed by atoms with Gasteiger partial charge in [-0.05, 0) is 49.2 Å². The van der Waals surface area contributed by atoms with Gasteiger partial charge in [0.2, 0.25) is 0 Å². The van der Waals surface area contributed by atoms with Crippen LogP contribution in [-0.2, 0) is 6.42 Å². The molecule has 1 saturated heterocycles. The fourth-order valence-corrected chi connectivity index (χ4v) is 3.87. The van der Waals surface area contributed by atoms with Gasteiger partial charge in [0, 0.05) is 49.2 Å². The van der Waals surface area contributed by atoms with Crippen molar-refractivity contribution < 1.29 is 9.59 Å². The number of fused-ring (bicyclic) bond motifs is 1. The maximum Gasteiger partial charge on any atom is 0.321 e. The highest BCUT2D eigenvalue weighted by molar-refractivity contribution is 5.97. The minimum Gasteiger partial charge on any atom is -0.367 e. The third-order valence-corrected chi connectivity index (χ3v) is 5.28. The lowest BCUT2D eigenvalue weighted by Gasteiger charge is -2.25. The van der Waals surface area contributed by atoms with E-state index in [9.17, 15) is 9.59 Å². The van der Waals surface area contributed by atoms with E-state index in [-0.39, 0.29) is 11.9 Å². The number of anilines is 2. The number of para-hydroxylation sites is 1. The first-order valence-electron chi connectivity index (χ1n) is 9.41. The number of nitrogens with one attached hydrogen (secondary N) is 2. The fraction of sp³-hybridized carbons (Fsp3) is 0.333. The van der Waals surface area contributed by atoms with E-state index < -0.39 is 0 Å². The average Bonchev–Trinajstić information content (AvgIpc) is 3.25. The number of carbonyl (C=O) groups is 2. The Kier molecular flexibility index (Phi) is 4.71. The van der Waals surface area contributed by atoms with E-state index in [2.05, 4.69) is 46.7 Å². The first-order chi connectivity index (χ1) is 13.1. The lowest BCUT2D eigenvalue weighted by molar-refractivity contribution is 0.0954. The number of nitrogens with zero attached hydrogens (tertiary/aromatic N) is 2. The van der Waals surface area contributed by atoms with Gasteiger partial charge in [0.05, 0.1) is 0 Å². The number of hydrogen-bond donors (Lipinski definition) is 2. The molecule has 0 radical (unpaired) electrons. The van der Waals surface area contributed by atoms with Gasteiger partial charge >= 0.3 is 6.03 Å². The Labute approximate surface area is 159 Å². The van der Waals surface area contributed by atoms with Crippen LogP contribution in [0.5, 0.6) is 0 Å². The molecule has 0 bridgehead atoms. The van der Waals surface area contributed by atoms with Crippen LogP contribution in [0.4, 0.5) is 16.2 Å². The zero-order valence-electron chi connectivity index (χ0n) is 15.4. The molecule has 0 aliphatic carbocycles. The second-order valence-electron chi connectivity index (χ2n) is 7.06. The Morgan fingerprint density at radius 1 is 1.19 bits per heavy atom. The number of carbonyl (C=O) groups excluding carboxylic acids is 2. The summed E-state index contributed by atoms with van der Waals surface area (Å²) in [5, 5.41) is 5.78. The lowest BCUT2D eigenvalue weighted by Crippen LogP contribution is -2.37. The first-order valence-corrected chi connectivity index (χ1v) is 9.41. The second kappa shape index (κ2) is 7.31. The maximum absolute atomic E-state index is 12.4. The number of benzene rings is 2. The van der Waals surface area contributed by atoms with Crippen molar-refractivity contribution in [2.75, 3.05) is 36.0 Å². The van der Waals surface area contributed by atoms with Crippen LogP contribution in [0.3, 0.4) is 0 Å². The summed E-state index contributed by atoms with van der Waals surface area (Å²) in [5.74, 6) is -0.0902. The summed E-state index contributed by atoms with van der Waals surface area (Å²) in [6.07, 6.45) is 1.05. The van der Waals surface area contributed by atoms with Crippen LogP contribution in [0.25, 0.3) is 0 Å². The maximum atomic E-state index is 12.4. The molecule has 2 aliphatic rings. The molecule has 2 aliphatic heterocycles. The largest absolute Gasteiger partial charge is 0.367 e. The van der Waals surface area contributed by atoms with Crippen molar-refractivity contribution in [3.8, 4) is 0 Å². The van der Waals surface area contributed by atoms with Gasteiger partial charge in [-0.1, -0.05) is 18.2 Å². The normalized spacial score (nSPS) is 18.4. The van der Waals surface area contributed by atoms with Crippen molar-refractivity contribution in [1.82, 2.24) is 10.6 Å². The molecule has 6 heteroatoms. The Bertz CT molecular complexity index is 850. The van der Waals surface area contributed by atoms with Crippen LogP contribution in [0.1, 0.15) is 22.8 Å². The molecule has 0 aromatic heterocycles. The standard InChI is InChI=1S/C21H24N4O2/c1-15-14-17-4-2-3-5-19(17)24(15)12-10-22-20(26)16-6-8-18(9-7-16)25-13-11-23-21(25)27/h2-9,15H,10-14H2,1H3,(H,22,26)(H,23,27). The second-order valence-corrected chi connectivity index (χ2v) is 7.06. The summed E-state index contributed by atoms with van der Waals surface area (Å²) in [7, 11) is 0. The molecule has 1 fully saturated rings. The number of amides is 3. The Morgan fingerprint density at radius 3 is 2.70 bits per heavy atom. The van der Waals surface area contributed by atoms with E-state index in [1.165, 1.54) is 11.3 Å². The molecule has 2 aromatic rings. The van der Waals surface area contributed by atoms with Crippen LogP contribution >= 0.6 is 0 Å². The number of rotatable bonds is 5. The molecule has 27 heavy (non-hydrogen) atoms. The molecule has 2 heterocycles. The van der Waals surface area contributed by atoms with Crippen molar-refractivity contribution in [2.24, 2.45) is 0 Å². The zero-order chi connectivity index (χ0) is 18.8. The predicted octanol–water partition coefficient (Wildman–Crippen LogP) is 2.40.